The van der Waals surface area contributed by atoms with Crippen molar-refractivity contribution in [1.82, 2.24) is 4.90 Å². The second kappa shape index (κ2) is 8.39. The van der Waals surface area contributed by atoms with E-state index in [1.165, 1.54) is 0 Å². The molecule has 0 unspecified atom stereocenters. The zero-order valence-electron chi connectivity index (χ0n) is 13.1. The van der Waals surface area contributed by atoms with Crippen molar-refractivity contribution in [3.8, 4) is 5.75 Å². The minimum Gasteiger partial charge on any atom is -0.494 e. The third-order valence-corrected chi connectivity index (χ3v) is 4.58. The summed E-state index contributed by atoms with van der Waals surface area (Å²) in [6, 6.07) is 5.57. The molecule has 22 heavy (non-hydrogen) atoms. The fourth-order valence-electron chi connectivity index (χ4n) is 2.64. The third-order valence-electron chi connectivity index (χ3n) is 4.16. The average molecular weight is 326 g/mol. The van der Waals surface area contributed by atoms with Crippen molar-refractivity contribution >= 4 is 17.5 Å². The monoisotopic (exact) mass is 325 g/mol. The van der Waals surface area contributed by atoms with E-state index in [1.54, 1.807) is 0 Å². The molecule has 2 rings (SSSR count). The second-order valence-electron chi connectivity index (χ2n) is 5.87. The van der Waals surface area contributed by atoms with Gasteiger partial charge < -0.3 is 14.7 Å². The normalized spacial score (nSPS) is 15.9. The summed E-state index contributed by atoms with van der Waals surface area (Å²) >= 11 is 5.97. The summed E-state index contributed by atoms with van der Waals surface area (Å²) in [5, 5.41) is 9.84. The van der Waals surface area contributed by atoms with Crippen LogP contribution in [0.1, 0.15) is 31.2 Å². The molecule has 122 valence electrons. The molecule has 0 aliphatic carbocycles. The number of amides is 1. The number of nitrogens with zero attached hydrogens (tertiary/aromatic N) is 1. The third kappa shape index (κ3) is 4.89. The van der Waals surface area contributed by atoms with Crippen LogP contribution in [0, 0.1) is 12.8 Å². The molecule has 1 aliphatic heterocycles. The van der Waals surface area contributed by atoms with E-state index in [4.69, 9.17) is 21.4 Å². The molecule has 1 heterocycles. The van der Waals surface area contributed by atoms with E-state index >= 15 is 0 Å². The molecular weight excluding hydrogens is 302 g/mol. The molecular formula is C17H24ClNO3. The second-order valence-corrected chi connectivity index (χ2v) is 6.28. The van der Waals surface area contributed by atoms with E-state index in [2.05, 4.69) is 0 Å². The molecule has 1 N–H and O–H groups in total. The summed E-state index contributed by atoms with van der Waals surface area (Å²) in [7, 11) is 0. The number of halogens is 1. The van der Waals surface area contributed by atoms with Crippen molar-refractivity contribution < 1.29 is 14.6 Å². The minimum atomic E-state index is 0.187. The van der Waals surface area contributed by atoms with E-state index in [9.17, 15) is 4.79 Å². The minimum absolute atomic E-state index is 0.187. The Labute approximate surface area is 137 Å². The van der Waals surface area contributed by atoms with Gasteiger partial charge in [-0.3, -0.25) is 4.79 Å². The van der Waals surface area contributed by atoms with Crippen LogP contribution in [-0.2, 0) is 4.79 Å². The number of carbonyl (C=O) groups is 1. The Morgan fingerprint density at radius 2 is 2.14 bits per heavy atom. The number of piperidine rings is 1. The Kier molecular flexibility index (Phi) is 6.52. The Bertz CT molecular complexity index is 499. The van der Waals surface area contributed by atoms with Crippen molar-refractivity contribution in [3.63, 3.8) is 0 Å². The zero-order valence-corrected chi connectivity index (χ0v) is 13.8. The van der Waals surface area contributed by atoms with Gasteiger partial charge in [0.2, 0.25) is 5.91 Å². The first-order valence-corrected chi connectivity index (χ1v) is 8.25. The van der Waals surface area contributed by atoms with Crippen LogP contribution in [0.25, 0.3) is 0 Å². The lowest BCUT2D eigenvalue weighted by atomic mass is 9.97. The van der Waals surface area contributed by atoms with Crippen molar-refractivity contribution in [3.05, 3.63) is 28.8 Å². The summed E-state index contributed by atoms with van der Waals surface area (Å²) in [4.78, 5) is 14.0. The number of likely N-dealkylation sites (tertiary alicyclic amines) is 1. The summed E-state index contributed by atoms with van der Waals surface area (Å²) in [5.41, 5.74) is 0.988. The first-order valence-electron chi connectivity index (χ1n) is 7.87. The lowest BCUT2D eigenvalue weighted by Crippen LogP contribution is -2.39. The van der Waals surface area contributed by atoms with Gasteiger partial charge >= 0.3 is 0 Å². The van der Waals surface area contributed by atoms with Crippen LogP contribution >= 0.6 is 11.6 Å². The molecule has 0 atom stereocenters. The van der Waals surface area contributed by atoms with Crippen LogP contribution in [0.2, 0.25) is 5.02 Å². The van der Waals surface area contributed by atoms with Gasteiger partial charge in [0.05, 0.1) is 6.61 Å². The van der Waals surface area contributed by atoms with Gasteiger partial charge in [0.25, 0.3) is 0 Å². The Hall–Kier alpha value is -1.26. The van der Waals surface area contributed by atoms with Gasteiger partial charge in [0, 0.05) is 31.1 Å². The first kappa shape index (κ1) is 17.1. The summed E-state index contributed by atoms with van der Waals surface area (Å²) in [6.07, 6.45) is 3.03. The Balaban J connectivity index is 1.66. The van der Waals surface area contributed by atoms with Gasteiger partial charge in [-0.05, 0) is 55.9 Å². The number of benzene rings is 1. The van der Waals surface area contributed by atoms with Gasteiger partial charge in [-0.2, -0.15) is 0 Å². The fourth-order valence-corrected chi connectivity index (χ4v) is 2.76. The standard InChI is InChI=1S/C17H24ClNO3/c1-13-11-15(4-5-16(13)18)22-10-2-3-17(21)19-8-6-14(12-20)7-9-19/h4-5,11,14,20H,2-3,6-10,12H2,1H3. The van der Waals surface area contributed by atoms with E-state index in [1.807, 2.05) is 30.0 Å². The lowest BCUT2D eigenvalue weighted by molar-refractivity contribution is -0.133. The Morgan fingerprint density at radius 3 is 2.77 bits per heavy atom. The molecule has 1 aromatic rings. The molecule has 0 radical (unpaired) electrons. The number of hydrogen-bond donors (Lipinski definition) is 1. The van der Waals surface area contributed by atoms with Gasteiger partial charge in [-0.1, -0.05) is 11.6 Å². The largest absolute Gasteiger partial charge is 0.494 e. The fraction of sp³-hybridized carbons (Fsp3) is 0.588. The number of aliphatic hydroxyl groups excluding tert-OH is 1. The van der Waals surface area contributed by atoms with Crippen LogP contribution < -0.4 is 4.74 Å². The topological polar surface area (TPSA) is 49.8 Å². The number of hydrogen-bond acceptors (Lipinski definition) is 3. The molecule has 1 aliphatic rings. The molecule has 0 aromatic heterocycles. The molecule has 1 amide bonds. The van der Waals surface area contributed by atoms with Gasteiger partial charge in [-0.15, -0.1) is 0 Å². The van der Waals surface area contributed by atoms with Crippen LogP contribution in [0.4, 0.5) is 0 Å². The summed E-state index contributed by atoms with van der Waals surface area (Å²) in [6.45, 7) is 4.23. The van der Waals surface area contributed by atoms with Gasteiger partial charge in [-0.25, -0.2) is 0 Å². The number of aryl methyl sites for hydroxylation is 1. The number of ether oxygens (including phenoxy) is 1. The van der Waals surface area contributed by atoms with Crippen molar-refractivity contribution in [2.75, 3.05) is 26.3 Å². The first-order chi connectivity index (χ1) is 10.6. The van der Waals surface area contributed by atoms with Crippen molar-refractivity contribution in [2.24, 2.45) is 5.92 Å². The maximum Gasteiger partial charge on any atom is 0.222 e. The number of rotatable bonds is 6. The van der Waals surface area contributed by atoms with Gasteiger partial charge in [0.15, 0.2) is 0 Å². The van der Waals surface area contributed by atoms with Crippen LogP contribution in [0.3, 0.4) is 0 Å². The highest BCUT2D eigenvalue weighted by Crippen LogP contribution is 2.21. The molecule has 0 saturated carbocycles. The predicted octanol–water partition coefficient (Wildman–Crippen LogP) is 3.04. The van der Waals surface area contributed by atoms with Crippen LogP contribution in [0.5, 0.6) is 5.75 Å². The molecule has 1 aromatic carbocycles. The van der Waals surface area contributed by atoms with E-state index < -0.39 is 0 Å². The molecule has 4 nitrogen and oxygen atoms in total. The maximum absolute atomic E-state index is 12.1. The average Bonchev–Trinajstić information content (AvgIpc) is 2.54. The number of carbonyl (C=O) groups excluding carboxylic acids is 1. The summed E-state index contributed by atoms with van der Waals surface area (Å²) in [5.74, 6) is 1.34. The van der Waals surface area contributed by atoms with Crippen LogP contribution in [0.15, 0.2) is 18.2 Å². The zero-order chi connectivity index (χ0) is 15.9. The lowest BCUT2D eigenvalue weighted by Gasteiger charge is -2.31. The highest BCUT2D eigenvalue weighted by molar-refractivity contribution is 6.31. The summed E-state index contributed by atoms with van der Waals surface area (Å²) < 4.78 is 5.65. The van der Waals surface area contributed by atoms with Crippen LogP contribution in [-0.4, -0.2) is 42.2 Å². The highest BCUT2D eigenvalue weighted by Gasteiger charge is 2.21. The van der Waals surface area contributed by atoms with Crippen molar-refractivity contribution in [2.45, 2.75) is 32.6 Å². The molecule has 1 fully saturated rings. The molecule has 5 heteroatoms. The van der Waals surface area contributed by atoms with Crippen molar-refractivity contribution in [1.29, 1.82) is 0 Å². The SMILES string of the molecule is Cc1cc(OCCCC(=O)N2CCC(CO)CC2)ccc1Cl. The molecule has 1 saturated heterocycles. The maximum atomic E-state index is 12.1. The smallest absolute Gasteiger partial charge is 0.222 e. The van der Waals surface area contributed by atoms with E-state index in [-0.39, 0.29) is 12.5 Å². The quantitative estimate of drug-likeness (QED) is 0.818. The van der Waals surface area contributed by atoms with E-state index in [0.29, 0.717) is 25.4 Å². The predicted molar refractivity (Wildman–Crippen MR) is 87.3 cm³/mol. The molecule has 0 bridgehead atoms. The van der Waals surface area contributed by atoms with Gasteiger partial charge in [0.1, 0.15) is 5.75 Å². The number of aliphatic hydroxyl groups is 1. The Morgan fingerprint density at radius 1 is 1.41 bits per heavy atom. The molecule has 0 spiro atoms. The van der Waals surface area contributed by atoms with E-state index in [0.717, 1.165) is 42.3 Å². The highest BCUT2D eigenvalue weighted by atomic mass is 35.5.